The van der Waals surface area contributed by atoms with Crippen LogP contribution in [0.25, 0.3) is 10.8 Å². The summed E-state index contributed by atoms with van der Waals surface area (Å²) in [7, 11) is 0.0663. The third-order valence-corrected chi connectivity index (χ3v) is 7.07. The number of carbonyl (C=O) groups is 2. The summed E-state index contributed by atoms with van der Waals surface area (Å²) in [6.45, 7) is 0.403. The van der Waals surface area contributed by atoms with Gasteiger partial charge in [-0.15, -0.1) is 0 Å². The lowest BCUT2D eigenvalue weighted by Gasteiger charge is -2.33. The van der Waals surface area contributed by atoms with Gasteiger partial charge in [-0.1, -0.05) is 24.3 Å². The first-order valence-corrected chi connectivity index (χ1v) is 11.4. The van der Waals surface area contributed by atoms with Crippen LogP contribution in [0.3, 0.4) is 0 Å². The van der Waals surface area contributed by atoms with Crippen LogP contribution in [0.15, 0.2) is 41.3 Å². The molecule has 1 saturated heterocycles. The summed E-state index contributed by atoms with van der Waals surface area (Å²) in [6.07, 6.45) is -1.43. The lowest BCUT2D eigenvalue weighted by Crippen LogP contribution is -2.50. The second kappa shape index (κ2) is 10.0. The van der Waals surface area contributed by atoms with E-state index in [4.69, 9.17) is 10.6 Å². The minimum atomic E-state index is -3.75. The van der Waals surface area contributed by atoms with Crippen LogP contribution in [0.1, 0.15) is 0 Å². The number of fused-ring (bicyclic) bond motifs is 1. The topological polar surface area (TPSA) is 135 Å². The van der Waals surface area contributed by atoms with Crippen molar-refractivity contribution in [2.24, 2.45) is 5.84 Å². The number of nitrogens with two attached hydrogens (primary N) is 1. The fraction of sp³-hybridized carbons (Fsp3) is 0.400. The van der Waals surface area contributed by atoms with Gasteiger partial charge in [-0.25, -0.2) is 23.8 Å². The molecule has 174 valence electrons. The molecule has 2 amide bonds. The molecule has 0 radical (unpaired) electrons. The number of hydrogen-bond donors (Lipinski definition) is 2. The van der Waals surface area contributed by atoms with Crippen molar-refractivity contribution in [1.29, 1.82) is 0 Å². The van der Waals surface area contributed by atoms with Crippen LogP contribution in [0, 0.1) is 0 Å². The van der Waals surface area contributed by atoms with Crippen LogP contribution in [0.2, 0.25) is 0 Å². The number of ether oxygens (including phenoxy) is 2. The summed E-state index contributed by atoms with van der Waals surface area (Å²) < 4.78 is 37.8. The van der Waals surface area contributed by atoms with Crippen molar-refractivity contribution in [2.45, 2.75) is 4.90 Å². The van der Waals surface area contributed by atoms with Crippen molar-refractivity contribution in [3.63, 3.8) is 0 Å². The lowest BCUT2D eigenvalue weighted by atomic mass is 10.1. The fourth-order valence-corrected chi connectivity index (χ4v) is 5.15. The molecule has 0 saturated carbocycles. The molecule has 1 aliphatic rings. The number of hydrazine groups is 1. The van der Waals surface area contributed by atoms with E-state index in [1.54, 1.807) is 23.6 Å². The van der Waals surface area contributed by atoms with Gasteiger partial charge in [0.2, 0.25) is 10.0 Å². The molecule has 2 aromatic rings. The number of benzene rings is 2. The van der Waals surface area contributed by atoms with Crippen molar-refractivity contribution in [2.75, 3.05) is 58.4 Å². The number of anilines is 1. The van der Waals surface area contributed by atoms with Gasteiger partial charge in [0.25, 0.3) is 0 Å². The van der Waals surface area contributed by atoms with Gasteiger partial charge in [-0.2, -0.15) is 4.31 Å². The molecular weight excluding hydrogens is 438 g/mol. The third kappa shape index (κ3) is 5.03. The number of nitrogens with one attached hydrogen (secondary N) is 1. The zero-order valence-corrected chi connectivity index (χ0v) is 18.8. The van der Waals surface area contributed by atoms with Crippen LogP contribution in [0.4, 0.5) is 15.3 Å². The Morgan fingerprint density at radius 1 is 1.00 bits per heavy atom. The molecule has 1 heterocycles. The normalized spacial score (nSPS) is 14.8. The van der Waals surface area contributed by atoms with Crippen LogP contribution < -0.4 is 16.2 Å². The first-order valence-electron chi connectivity index (χ1n) is 10.00. The molecule has 0 aromatic heterocycles. The van der Waals surface area contributed by atoms with Crippen molar-refractivity contribution < 1.29 is 27.5 Å². The number of piperazine rings is 1. The van der Waals surface area contributed by atoms with Crippen LogP contribution in [-0.2, 0) is 19.5 Å². The smallest absolute Gasteiger partial charge is 0.421 e. The zero-order chi connectivity index (χ0) is 23.3. The number of sulfonamides is 1. The molecule has 0 unspecified atom stereocenters. The molecule has 0 spiro atoms. The van der Waals surface area contributed by atoms with Crippen LogP contribution >= 0.6 is 0 Å². The first-order chi connectivity index (χ1) is 15.3. The number of hydrogen-bond acceptors (Lipinski definition) is 8. The minimum Gasteiger partial charge on any atom is -0.446 e. The van der Waals surface area contributed by atoms with Crippen LogP contribution in [0.5, 0.6) is 0 Å². The van der Waals surface area contributed by atoms with E-state index in [-0.39, 0.29) is 44.3 Å². The largest absolute Gasteiger partial charge is 0.446 e. The number of amides is 2. The van der Waals surface area contributed by atoms with Gasteiger partial charge < -0.3 is 19.3 Å². The van der Waals surface area contributed by atoms with E-state index in [0.29, 0.717) is 5.39 Å². The summed E-state index contributed by atoms with van der Waals surface area (Å²) in [5, 5.41) is 1.51. The van der Waals surface area contributed by atoms with Crippen molar-refractivity contribution >= 4 is 38.7 Å². The summed E-state index contributed by atoms with van der Waals surface area (Å²) in [5.74, 6) is 4.88. The molecule has 1 fully saturated rings. The van der Waals surface area contributed by atoms with E-state index < -0.39 is 22.2 Å². The maximum Gasteiger partial charge on any atom is 0.421 e. The summed E-state index contributed by atoms with van der Waals surface area (Å²) in [5.41, 5.74) is 2.72. The Morgan fingerprint density at radius 3 is 2.28 bits per heavy atom. The molecule has 11 nitrogen and oxygen atoms in total. The molecule has 0 atom stereocenters. The highest BCUT2D eigenvalue weighted by Crippen LogP contribution is 2.31. The number of carbonyl (C=O) groups excluding carboxylic acids is 2. The highest BCUT2D eigenvalue weighted by atomic mass is 32.2. The third-order valence-electron chi connectivity index (χ3n) is 5.12. The maximum absolute atomic E-state index is 13.4. The molecular formula is C20H27N5O6S. The van der Waals surface area contributed by atoms with Gasteiger partial charge in [0.1, 0.15) is 13.2 Å². The highest BCUT2D eigenvalue weighted by molar-refractivity contribution is 7.89. The average molecular weight is 466 g/mol. The quantitative estimate of drug-likeness (QED) is 0.279. The molecule has 0 bridgehead atoms. The Balaban J connectivity index is 1.66. The van der Waals surface area contributed by atoms with Gasteiger partial charge in [0, 0.05) is 56.7 Å². The Hall–Kier alpha value is -3.09. The van der Waals surface area contributed by atoms with Gasteiger partial charge in [0.15, 0.2) is 0 Å². The molecule has 3 N–H and O–H groups in total. The second-order valence-electron chi connectivity index (χ2n) is 7.31. The van der Waals surface area contributed by atoms with Crippen molar-refractivity contribution in [3.8, 4) is 0 Å². The lowest BCUT2D eigenvalue weighted by molar-refractivity contribution is 0.0654. The van der Waals surface area contributed by atoms with Gasteiger partial charge in [0.05, 0.1) is 4.90 Å². The van der Waals surface area contributed by atoms with E-state index in [2.05, 4.69) is 4.74 Å². The minimum absolute atomic E-state index is 0.130. The van der Waals surface area contributed by atoms with E-state index >= 15 is 0 Å². The molecule has 32 heavy (non-hydrogen) atoms. The average Bonchev–Trinajstić information content (AvgIpc) is 2.80. The Labute approximate surface area is 186 Å². The Morgan fingerprint density at radius 2 is 1.62 bits per heavy atom. The number of nitrogens with zero attached hydrogens (tertiary/aromatic N) is 3. The molecule has 2 aromatic carbocycles. The standard InChI is InChI=1S/C20H27N5O6S/c1-23(2)17-7-3-6-16-15(17)5-4-8-18(16)32(28,29)25-11-9-24(10-12-25)20(27)31-14-13-30-19(26)22-21/h3-8H,9-14,21H2,1-2H3,(H,22,26). The predicted octanol–water partition coefficient (Wildman–Crippen LogP) is 0.949. The fourth-order valence-electron chi connectivity index (χ4n) is 3.53. The van der Waals surface area contributed by atoms with Gasteiger partial charge >= 0.3 is 12.2 Å². The van der Waals surface area contributed by atoms with E-state index in [1.807, 2.05) is 37.2 Å². The summed E-state index contributed by atoms with van der Waals surface area (Å²) in [6, 6.07) is 10.8. The summed E-state index contributed by atoms with van der Waals surface area (Å²) >= 11 is 0. The second-order valence-corrected chi connectivity index (χ2v) is 9.21. The van der Waals surface area contributed by atoms with Gasteiger partial charge in [-0.05, 0) is 12.1 Å². The number of rotatable bonds is 6. The van der Waals surface area contributed by atoms with Crippen molar-refractivity contribution in [1.82, 2.24) is 14.6 Å². The van der Waals surface area contributed by atoms with Crippen LogP contribution in [-0.4, -0.2) is 83.3 Å². The monoisotopic (exact) mass is 465 g/mol. The zero-order valence-electron chi connectivity index (χ0n) is 18.0. The first kappa shape index (κ1) is 23.6. The molecule has 0 aliphatic carbocycles. The van der Waals surface area contributed by atoms with E-state index in [0.717, 1.165) is 11.1 Å². The Bertz CT molecular complexity index is 1080. The Kier molecular flexibility index (Phi) is 7.38. The molecule has 3 rings (SSSR count). The summed E-state index contributed by atoms with van der Waals surface area (Å²) in [4.78, 5) is 26.6. The predicted molar refractivity (Wildman–Crippen MR) is 119 cm³/mol. The van der Waals surface area contributed by atoms with E-state index in [1.165, 1.54) is 9.21 Å². The van der Waals surface area contributed by atoms with Gasteiger partial charge in [-0.3, -0.25) is 5.43 Å². The SMILES string of the molecule is CN(C)c1cccc2c(S(=O)(=O)N3CCN(C(=O)OCCOC(=O)NN)CC3)cccc12. The van der Waals surface area contributed by atoms with Crippen molar-refractivity contribution in [3.05, 3.63) is 36.4 Å². The highest BCUT2D eigenvalue weighted by Gasteiger charge is 2.31. The molecule has 1 aliphatic heterocycles. The van der Waals surface area contributed by atoms with E-state index in [9.17, 15) is 18.0 Å². The molecule has 12 heteroatoms. The maximum atomic E-state index is 13.4.